The predicted octanol–water partition coefficient (Wildman–Crippen LogP) is 5.32. The van der Waals surface area contributed by atoms with Gasteiger partial charge in [-0.15, -0.1) is 11.8 Å². The number of hydrogen-bond acceptors (Lipinski definition) is 9. The quantitative estimate of drug-likeness (QED) is 0.124. The van der Waals surface area contributed by atoms with Gasteiger partial charge in [-0.25, -0.2) is 9.69 Å². The van der Waals surface area contributed by atoms with Gasteiger partial charge in [0, 0.05) is 34.2 Å². The third-order valence-corrected chi connectivity index (χ3v) is 8.51. The molecule has 11 nitrogen and oxygen atoms in total. The first-order valence-corrected chi connectivity index (χ1v) is 15.5. The molecule has 4 aromatic rings. The lowest BCUT2D eigenvalue weighted by atomic mass is 10.1. The average molecular weight is 666 g/mol. The number of esters is 1. The number of ether oxygens (including phenoxy) is 3. The second-order valence-electron chi connectivity index (χ2n) is 10.4. The number of carbonyl (C=O) groups excluding carboxylic acids is 5. The Kier molecular flexibility index (Phi) is 10.6. The summed E-state index contributed by atoms with van der Waals surface area (Å²) in [7, 11) is 4.29. The molecule has 1 aliphatic heterocycles. The molecule has 1 saturated heterocycles. The Balaban J connectivity index is 1.29. The van der Waals surface area contributed by atoms with Crippen molar-refractivity contribution in [1.29, 1.82) is 0 Å². The molecule has 4 aromatic carbocycles. The predicted molar refractivity (Wildman–Crippen MR) is 181 cm³/mol. The van der Waals surface area contributed by atoms with Crippen molar-refractivity contribution in [1.82, 2.24) is 5.32 Å². The highest BCUT2D eigenvalue weighted by Gasteiger charge is 2.40. The van der Waals surface area contributed by atoms with Crippen molar-refractivity contribution in [2.24, 2.45) is 0 Å². The van der Waals surface area contributed by atoms with Crippen molar-refractivity contribution in [3.63, 3.8) is 0 Å². The summed E-state index contributed by atoms with van der Waals surface area (Å²) in [6, 6.07) is 26.4. The summed E-state index contributed by atoms with van der Waals surface area (Å²) < 4.78 is 15.4. The number of imide groups is 1. The highest BCUT2D eigenvalue weighted by Crippen LogP contribution is 2.35. The van der Waals surface area contributed by atoms with E-state index in [4.69, 9.17) is 14.2 Å². The number of rotatable bonds is 11. The molecule has 1 unspecified atom stereocenters. The molecule has 48 heavy (non-hydrogen) atoms. The third kappa shape index (κ3) is 7.73. The minimum atomic E-state index is -0.652. The van der Waals surface area contributed by atoms with E-state index in [0.717, 1.165) is 4.90 Å². The van der Waals surface area contributed by atoms with Crippen molar-refractivity contribution in [3.8, 4) is 11.5 Å². The maximum absolute atomic E-state index is 13.5. The number of carbonyl (C=O) groups is 5. The average Bonchev–Trinajstić information content (AvgIpc) is 3.40. The van der Waals surface area contributed by atoms with Gasteiger partial charge in [-0.2, -0.15) is 0 Å². The Hall–Kier alpha value is -5.88. The molecule has 1 fully saturated rings. The van der Waals surface area contributed by atoms with E-state index in [1.807, 2.05) is 0 Å². The summed E-state index contributed by atoms with van der Waals surface area (Å²) in [6.07, 6.45) is 1.51. The zero-order chi connectivity index (χ0) is 34.2. The standard InChI is InChI=1S/C36H31N3O8S/c1-45-27-16-11-24(30(20-27)46-2)19-29(38-33(41)22-7-5-4-6-8-22)34(42)37-25-12-17-28(18-13-25)48-31-21-32(40)39(35(31)43)26-14-9-23(10-15-26)36(44)47-3/h4-20,31H,21H2,1-3H3,(H,37,42)(H,38,41)/b29-19-. The molecule has 0 radical (unpaired) electrons. The monoisotopic (exact) mass is 665 g/mol. The fraction of sp³-hybridized carbons (Fsp3) is 0.139. The van der Waals surface area contributed by atoms with E-state index in [1.165, 1.54) is 63.4 Å². The summed E-state index contributed by atoms with van der Waals surface area (Å²) >= 11 is 1.23. The first-order valence-electron chi connectivity index (χ1n) is 14.6. The Bertz CT molecular complexity index is 1880. The van der Waals surface area contributed by atoms with Crippen LogP contribution in [0.5, 0.6) is 11.5 Å². The zero-order valence-corrected chi connectivity index (χ0v) is 27.0. The fourth-order valence-corrected chi connectivity index (χ4v) is 5.90. The third-order valence-electron chi connectivity index (χ3n) is 7.31. The maximum Gasteiger partial charge on any atom is 0.337 e. The van der Waals surface area contributed by atoms with E-state index in [1.54, 1.807) is 72.8 Å². The lowest BCUT2D eigenvalue weighted by Gasteiger charge is -2.15. The number of methoxy groups -OCH3 is 3. The highest BCUT2D eigenvalue weighted by atomic mass is 32.2. The highest BCUT2D eigenvalue weighted by molar-refractivity contribution is 8.00. The minimum Gasteiger partial charge on any atom is -0.497 e. The molecule has 4 amide bonds. The molecule has 1 aliphatic rings. The topological polar surface area (TPSA) is 140 Å². The first-order chi connectivity index (χ1) is 23.2. The Morgan fingerprint density at radius 1 is 0.833 bits per heavy atom. The second kappa shape index (κ2) is 15.1. The minimum absolute atomic E-state index is 0.00479. The van der Waals surface area contributed by atoms with Gasteiger partial charge in [0.1, 0.15) is 17.2 Å². The number of nitrogens with zero attached hydrogens (tertiary/aromatic N) is 1. The molecule has 1 heterocycles. The van der Waals surface area contributed by atoms with Crippen LogP contribution in [0.1, 0.15) is 32.7 Å². The molecule has 1 atom stereocenters. The molecule has 12 heteroatoms. The fourth-order valence-electron chi connectivity index (χ4n) is 4.85. The van der Waals surface area contributed by atoms with Gasteiger partial charge >= 0.3 is 5.97 Å². The number of hydrogen-bond donors (Lipinski definition) is 2. The van der Waals surface area contributed by atoms with Crippen molar-refractivity contribution >= 4 is 58.8 Å². The number of benzene rings is 4. The summed E-state index contributed by atoms with van der Waals surface area (Å²) in [6.45, 7) is 0. The van der Waals surface area contributed by atoms with Gasteiger partial charge in [0.25, 0.3) is 11.8 Å². The van der Waals surface area contributed by atoms with Gasteiger partial charge in [-0.1, -0.05) is 18.2 Å². The molecule has 2 N–H and O–H groups in total. The van der Waals surface area contributed by atoms with Crippen LogP contribution in [0.3, 0.4) is 0 Å². The van der Waals surface area contributed by atoms with Gasteiger partial charge in [0.05, 0.1) is 37.8 Å². The molecular formula is C36H31N3O8S. The number of thioether (sulfide) groups is 1. The van der Waals surface area contributed by atoms with Crippen LogP contribution in [0.15, 0.2) is 108 Å². The van der Waals surface area contributed by atoms with Crippen LogP contribution in [0, 0.1) is 0 Å². The normalized spacial score (nSPS) is 14.4. The van der Waals surface area contributed by atoms with Gasteiger partial charge < -0.3 is 24.8 Å². The van der Waals surface area contributed by atoms with Crippen LogP contribution in [0.2, 0.25) is 0 Å². The van der Waals surface area contributed by atoms with Crippen LogP contribution >= 0.6 is 11.8 Å². The molecule has 0 aliphatic carbocycles. The number of amides is 4. The van der Waals surface area contributed by atoms with Crippen molar-refractivity contribution in [2.45, 2.75) is 16.6 Å². The lowest BCUT2D eigenvalue weighted by Crippen LogP contribution is -2.31. The lowest BCUT2D eigenvalue weighted by molar-refractivity contribution is -0.121. The van der Waals surface area contributed by atoms with Crippen molar-refractivity contribution in [3.05, 3.63) is 119 Å². The van der Waals surface area contributed by atoms with Gasteiger partial charge in [0.2, 0.25) is 11.8 Å². The zero-order valence-electron chi connectivity index (χ0n) is 26.2. The Morgan fingerprint density at radius 2 is 1.54 bits per heavy atom. The largest absolute Gasteiger partial charge is 0.497 e. The van der Waals surface area contributed by atoms with Crippen LogP contribution in [-0.2, 0) is 19.1 Å². The number of nitrogens with one attached hydrogen (secondary N) is 2. The van der Waals surface area contributed by atoms with Crippen molar-refractivity contribution in [2.75, 3.05) is 31.5 Å². The van der Waals surface area contributed by atoms with Gasteiger partial charge in [-0.3, -0.25) is 19.2 Å². The molecule has 5 rings (SSSR count). The molecule has 0 bridgehead atoms. The van der Waals surface area contributed by atoms with Crippen LogP contribution < -0.4 is 25.0 Å². The Morgan fingerprint density at radius 3 is 2.19 bits per heavy atom. The summed E-state index contributed by atoms with van der Waals surface area (Å²) in [5, 5.41) is 4.85. The van der Waals surface area contributed by atoms with Gasteiger partial charge in [0.15, 0.2) is 0 Å². The molecule has 0 spiro atoms. The number of anilines is 2. The van der Waals surface area contributed by atoms with Crippen LogP contribution in [0.25, 0.3) is 6.08 Å². The Labute approximate surface area is 280 Å². The van der Waals surface area contributed by atoms with E-state index in [-0.39, 0.29) is 23.9 Å². The summed E-state index contributed by atoms with van der Waals surface area (Å²) in [5.41, 5.74) is 1.99. The van der Waals surface area contributed by atoms with E-state index in [0.29, 0.717) is 44.5 Å². The smallest absolute Gasteiger partial charge is 0.337 e. The second-order valence-corrected chi connectivity index (χ2v) is 11.7. The SMILES string of the molecule is COC(=O)c1ccc(N2C(=O)CC(Sc3ccc(NC(=O)/C(=C/c4ccc(OC)cc4OC)NC(=O)c4ccccc4)cc3)C2=O)cc1. The molecule has 0 saturated carbocycles. The molecular weight excluding hydrogens is 634 g/mol. The van der Waals surface area contributed by atoms with Crippen LogP contribution in [-0.4, -0.2) is 56.2 Å². The maximum atomic E-state index is 13.5. The van der Waals surface area contributed by atoms with Crippen molar-refractivity contribution < 1.29 is 38.2 Å². The molecule has 0 aromatic heterocycles. The first kappa shape index (κ1) is 33.5. The van der Waals surface area contributed by atoms with E-state index in [2.05, 4.69) is 10.6 Å². The van der Waals surface area contributed by atoms with Crippen LogP contribution in [0.4, 0.5) is 11.4 Å². The van der Waals surface area contributed by atoms with E-state index in [9.17, 15) is 24.0 Å². The van der Waals surface area contributed by atoms with E-state index < -0.39 is 23.0 Å². The molecule has 244 valence electrons. The van der Waals surface area contributed by atoms with E-state index >= 15 is 0 Å². The summed E-state index contributed by atoms with van der Waals surface area (Å²) in [5.74, 6) is -1.29. The van der Waals surface area contributed by atoms with Gasteiger partial charge in [-0.05, 0) is 78.9 Å². The summed E-state index contributed by atoms with van der Waals surface area (Å²) in [4.78, 5) is 66.1.